The van der Waals surface area contributed by atoms with Gasteiger partial charge in [0.25, 0.3) is 0 Å². The molecule has 0 aliphatic rings. The summed E-state index contributed by atoms with van der Waals surface area (Å²) in [6.45, 7) is 4.60. The molecule has 2 N–H and O–H groups in total. The largest absolute Gasteiger partial charge is 0.481 e. The Hall–Kier alpha value is -2.38. The molecule has 0 bridgehead atoms. The second-order valence-corrected chi connectivity index (χ2v) is 3.68. The number of carbonyl (C=O) groups is 4. The van der Waals surface area contributed by atoms with Gasteiger partial charge in [-0.2, -0.15) is 0 Å². The summed E-state index contributed by atoms with van der Waals surface area (Å²) >= 11 is 0. The number of carboxylic acid groups (broad SMARTS) is 2. The maximum atomic E-state index is 10.4. The smallest absolute Gasteiger partial charge is 0.331 e. The highest BCUT2D eigenvalue weighted by molar-refractivity contribution is 5.91. The molecule has 0 radical (unpaired) electrons. The van der Waals surface area contributed by atoms with Gasteiger partial charge in [0.05, 0.1) is 33.0 Å². The molecule has 114 valence electrons. The van der Waals surface area contributed by atoms with Gasteiger partial charge in [0.15, 0.2) is 0 Å². The molecule has 8 nitrogen and oxygen atoms in total. The molecular formula is C12H18O8. The van der Waals surface area contributed by atoms with Crippen LogP contribution in [0.5, 0.6) is 0 Å². The van der Waals surface area contributed by atoms with E-state index in [0.29, 0.717) is 0 Å². The molecule has 0 spiro atoms. The number of rotatable bonds is 6. The van der Waals surface area contributed by atoms with Gasteiger partial charge in [-0.1, -0.05) is 13.5 Å². The van der Waals surface area contributed by atoms with Crippen molar-refractivity contribution in [2.75, 3.05) is 14.2 Å². The average Bonchev–Trinajstić information content (AvgIpc) is 2.38. The number of hydrogen-bond donors (Lipinski definition) is 2. The fraction of sp³-hybridized carbons (Fsp3) is 0.500. The van der Waals surface area contributed by atoms with E-state index in [9.17, 15) is 19.2 Å². The first-order valence-corrected chi connectivity index (χ1v) is 5.43. The van der Waals surface area contributed by atoms with E-state index in [1.165, 1.54) is 21.1 Å². The van der Waals surface area contributed by atoms with Crippen LogP contribution in [0.4, 0.5) is 0 Å². The van der Waals surface area contributed by atoms with Crippen LogP contribution in [-0.4, -0.2) is 48.3 Å². The van der Waals surface area contributed by atoms with Gasteiger partial charge in [0.2, 0.25) is 0 Å². The van der Waals surface area contributed by atoms with E-state index in [1.807, 2.05) is 0 Å². The second-order valence-electron chi connectivity index (χ2n) is 3.68. The second kappa shape index (κ2) is 10.5. The first-order valence-electron chi connectivity index (χ1n) is 5.43. The number of aliphatic carboxylic acids is 2. The van der Waals surface area contributed by atoms with Crippen molar-refractivity contribution in [3.63, 3.8) is 0 Å². The molecular weight excluding hydrogens is 272 g/mol. The zero-order chi connectivity index (χ0) is 16.3. The number of carbonyl (C=O) groups excluding carboxylic acids is 2. The average molecular weight is 290 g/mol. The normalized spacial score (nSPS) is 10.3. The molecule has 0 fully saturated rings. The summed E-state index contributed by atoms with van der Waals surface area (Å²) in [5, 5.41) is 16.5. The summed E-state index contributed by atoms with van der Waals surface area (Å²) in [5.41, 5.74) is -0.160. The van der Waals surface area contributed by atoms with Crippen LogP contribution in [-0.2, 0) is 28.7 Å². The van der Waals surface area contributed by atoms with E-state index >= 15 is 0 Å². The third-order valence-corrected chi connectivity index (χ3v) is 2.01. The van der Waals surface area contributed by atoms with Gasteiger partial charge in [0.1, 0.15) is 0 Å². The molecule has 8 heteroatoms. The Bertz CT molecular complexity index is 385. The lowest BCUT2D eigenvalue weighted by Gasteiger charge is -2.02. The van der Waals surface area contributed by atoms with Crippen molar-refractivity contribution in [1.29, 1.82) is 0 Å². The summed E-state index contributed by atoms with van der Waals surface area (Å²) in [6, 6.07) is 0. The summed E-state index contributed by atoms with van der Waals surface area (Å²) < 4.78 is 8.48. The fourth-order valence-corrected chi connectivity index (χ4v) is 0.743. The number of carboxylic acids is 2. The predicted molar refractivity (Wildman–Crippen MR) is 66.8 cm³/mol. The van der Waals surface area contributed by atoms with E-state index < -0.39 is 29.8 Å². The van der Waals surface area contributed by atoms with Crippen LogP contribution in [0.2, 0.25) is 0 Å². The van der Waals surface area contributed by atoms with Gasteiger partial charge in [-0.25, -0.2) is 4.79 Å². The lowest BCUT2D eigenvalue weighted by Crippen LogP contribution is -2.15. The van der Waals surface area contributed by atoms with Crippen LogP contribution in [0.15, 0.2) is 12.2 Å². The Morgan fingerprint density at radius 1 is 1.05 bits per heavy atom. The van der Waals surface area contributed by atoms with Crippen molar-refractivity contribution in [3.8, 4) is 0 Å². The topological polar surface area (TPSA) is 127 Å². The Kier molecular flexibility index (Phi) is 10.5. The van der Waals surface area contributed by atoms with Crippen LogP contribution < -0.4 is 0 Å². The molecule has 0 rings (SSSR count). The summed E-state index contributed by atoms with van der Waals surface area (Å²) in [5.74, 6) is -3.90. The van der Waals surface area contributed by atoms with Crippen molar-refractivity contribution in [1.82, 2.24) is 0 Å². The van der Waals surface area contributed by atoms with Gasteiger partial charge >= 0.3 is 23.9 Å². The number of esters is 2. The van der Waals surface area contributed by atoms with E-state index in [1.54, 1.807) is 0 Å². The third kappa shape index (κ3) is 10.8. The molecule has 20 heavy (non-hydrogen) atoms. The zero-order valence-electron chi connectivity index (χ0n) is 11.5. The summed E-state index contributed by atoms with van der Waals surface area (Å²) in [6.07, 6.45) is -0.322. The highest BCUT2D eigenvalue weighted by Gasteiger charge is 2.15. The van der Waals surface area contributed by atoms with Crippen molar-refractivity contribution in [3.05, 3.63) is 12.2 Å². The summed E-state index contributed by atoms with van der Waals surface area (Å²) in [7, 11) is 2.42. The lowest BCUT2D eigenvalue weighted by molar-refractivity contribution is -0.149. The maximum absolute atomic E-state index is 10.4. The highest BCUT2D eigenvalue weighted by atomic mass is 16.5. The Labute approximate surface area is 116 Å². The van der Waals surface area contributed by atoms with E-state index in [4.69, 9.17) is 10.2 Å². The minimum atomic E-state index is -1.18. The predicted octanol–water partition coefficient (Wildman–Crippen LogP) is 0.460. The molecule has 0 aromatic carbocycles. The molecule has 0 amide bonds. The molecule has 0 saturated heterocycles. The van der Waals surface area contributed by atoms with Gasteiger partial charge in [-0.15, -0.1) is 0 Å². The Balaban J connectivity index is 0. The standard InChI is InChI=1S/C6H10O4.C6H8O4/c2*1-4(6(8)9)3-5(7)10-2/h4H,3H2,1-2H3,(H,8,9);1,3H2,2H3,(H,8,9)/t4-;/m1./s1. The Morgan fingerprint density at radius 2 is 1.50 bits per heavy atom. The minimum Gasteiger partial charge on any atom is -0.481 e. The van der Waals surface area contributed by atoms with Crippen LogP contribution in [0.3, 0.4) is 0 Å². The quantitative estimate of drug-likeness (QED) is 0.533. The number of methoxy groups -OCH3 is 2. The van der Waals surface area contributed by atoms with Crippen molar-refractivity contribution >= 4 is 23.9 Å². The van der Waals surface area contributed by atoms with Crippen LogP contribution in [0, 0.1) is 5.92 Å². The highest BCUT2D eigenvalue weighted by Crippen LogP contribution is 2.01. The van der Waals surface area contributed by atoms with E-state index in [0.717, 1.165) is 0 Å². The van der Waals surface area contributed by atoms with E-state index in [2.05, 4.69) is 16.1 Å². The molecule has 0 aliphatic heterocycles. The lowest BCUT2D eigenvalue weighted by atomic mass is 10.1. The van der Waals surface area contributed by atoms with Gasteiger partial charge in [-0.05, 0) is 0 Å². The molecule has 0 aromatic heterocycles. The third-order valence-electron chi connectivity index (χ3n) is 2.01. The van der Waals surface area contributed by atoms with Crippen LogP contribution in [0.25, 0.3) is 0 Å². The molecule has 0 heterocycles. The van der Waals surface area contributed by atoms with Crippen LogP contribution >= 0.6 is 0 Å². The molecule has 0 aliphatic carbocycles. The van der Waals surface area contributed by atoms with Crippen molar-refractivity contribution in [2.45, 2.75) is 19.8 Å². The first kappa shape index (κ1) is 19.9. The monoisotopic (exact) mass is 290 g/mol. The van der Waals surface area contributed by atoms with Crippen LogP contribution in [0.1, 0.15) is 19.8 Å². The SMILES string of the molecule is C=C(CC(=O)OC)C(=O)O.COC(=O)C[C@@H](C)C(=O)O. The number of hydrogen-bond acceptors (Lipinski definition) is 6. The van der Waals surface area contributed by atoms with Gasteiger partial charge < -0.3 is 19.7 Å². The van der Waals surface area contributed by atoms with Gasteiger partial charge in [-0.3, -0.25) is 14.4 Å². The molecule has 0 unspecified atom stereocenters. The fourth-order valence-electron chi connectivity index (χ4n) is 0.743. The Morgan fingerprint density at radius 3 is 1.80 bits per heavy atom. The van der Waals surface area contributed by atoms with Gasteiger partial charge in [0, 0.05) is 5.57 Å². The molecule has 0 saturated carbocycles. The zero-order valence-corrected chi connectivity index (χ0v) is 11.5. The molecule has 0 aromatic rings. The van der Waals surface area contributed by atoms with Crippen molar-refractivity contribution in [2.24, 2.45) is 5.92 Å². The molecule has 1 atom stereocenters. The minimum absolute atomic E-state index is 0.0637. The maximum Gasteiger partial charge on any atom is 0.331 e. The first-order chi connectivity index (χ1) is 9.15. The summed E-state index contributed by atoms with van der Waals surface area (Å²) in [4.78, 5) is 41.0. The van der Waals surface area contributed by atoms with E-state index in [-0.39, 0.29) is 18.4 Å². The number of ether oxygens (including phenoxy) is 2. The van der Waals surface area contributed by atoms with Crippen molar-refractivity contribution < 1.29 is 38.9 Å².